The highest BCUT2D eigenvalue weighted by Crippen LogP contribution is 2.38. The molecule has 1 aliphatic heterocycles. The molecule has 1 amide bonds. The smallest absolute Gasteiger partial charge is 0.335 e. The average molecular weight is 519 g/mol. The molecule has 168 valence electrons. The SMILES string of the molecule is CCOc1cc(OCC)c(/C=C2\SC(=Nc3cccc(C(=O)O)c3)N(CC)C2=O)cc1Br. The maximum Gasteiger partial charge on any atom is 0.335 e. The first-order valence-electron chi connectivity index (χ1n) is 10.1. The second-order valence-corrected chi connectivity index (χ2v) is 8.46. The van der Waals surface area contributed by atoms with E-state index in [0.29, 0.717) is 47.0 Å². The van der Waals surface area contributed by atoms with Crippen LogP contribution in [0.25, 0.3) is 6.08 Å². The molecular formula is C23H23BrN2O5S. The Kier molecular flexibility index (Phi) is 7.98. The number of thioether (sulfide) groups is 1. The molecule has 0 bridgehead atoms. The molecule has 0 saturated carbocycles. The van der Waals surface area contributed by atoms with Crippen molar-refractivity contribution < 1.29 is 24.2 Å². The quantitative estimate of drug-likeness (QED) is 0.459. The normalized spacial score (nSPS) is 16.1. The lowest BCUT2D eigenvalue weighted by molar-refractivity contribution is -0.122. The maximum absolute atomic E-state index is 13.0. The summed E-state index contributed by atoms with van der Waals surface area (Å²) in [5, 5.41) is 9.70. The van der Waals surface area contributed by atoms with Crippen LogP contribution in [0.2, 0.25) is 0 Å². The summed E-state index contributed by atoms with van der Waals surface area (Å²) in [6, 6.07) is 9.98. The van der Waals surface area contributed by atoms with E-state index in [1.54, 1.807) is 29.2 Å². The molecule has 0 unspecified atom stereocenters. The van der Waals surface area contributed by atoms with Crippen LogP contribution in [0.1, 0.15) is 36.7 Å². The number of hydrogen-bond donors (Lipinski definition) is 1. The van der Waals surface area contributed by atoms with Gasteiger partial charge in [0.05, 0.1) is 33.8 Å². The fourth-order valence-corrected chi connectivity index (χ4v) is 4.57. The standard InChI is InChI=1S/C23H23BrN2O5S/c1-4-26-21(27)20(32-23(26)25-16-9-7-8-14(10-16)22(28)29)12-15-11-17(24)19(31-6-3)13-18(15)30-5-2/h7-13H,4-6H2,1-3H3,(H,28,29)/b20-12-,25-23?. The van der Waals surface area contributed by atoms with Gasteiger partial charge in [0.15, 0.2) is 5.17 Å². The number of carbonyl (C=O) groups is 2. The van der Waals surface area contributed by atoms with E-state index in [9.17, 15) is 14.7 Å². The summed E-state index contributed by atoms with van der Waals surface area (Å²) in [6.45, 7) is 7.09. The number of carboxylic acids is 1. The Morgan fingerprint density at radius 3 is 2.53 bits per heavy atom. The molecule has 1 N–H and O–H groups in total. The molecule has 0 spiro atoms. The van der Waals surface area contributed by atoms with Crippen molar-refractivity contribution in [3.8, 4) is 11.5 Å². The van der Waals surface area contributed by atoms with Crippen LogP contribution in [0.5, 0.6) is 11.5 Å². The summed E-state index contributed by atoms with van der Waals surface area (Å²) in [6.07, 6.45) is 1.78. The van der Waals surface area contributed by atoms with Crippen molar-refractivity contribution >= 4 is 56.5 Å². The minimum absolute atomic E-state index is 0.139. The molecule has 7 nitrogen and oxygen atoms in total. The zero-order chi connectivity index (χ0) is 23.3. The fourth-order valence-electron chi connectivity index (χ4n) is 3.04. The van der Waals surface area contributed by atoms with E-state index in [2.05, 4.69) is 20.9 Å². The number of hydrogen-bond acceptors (Lipinski definition) is 6. The Labute approximate surface area is 199 Å². The summed E-state index contributed by atoms with van der Waals surface area (Å²) in [4.78, 5) is 30.9. The number of aliphatic imine (C=N–C) groups is 1. The third-order valence-corrected chi connectivity index (χ3v) is 6.10. The molecule has 9 heteroatoms. The van der Waals surface area contributed by atoms with Crippen molar-refractivity contribution in [2.24, 2.45) is 4.99 Å². The van der Waals surface area contributed by atoms with Gasteiger partial charge in [-0.2, -0.15) is 0 Å². The minimum atomic E-state index is -1.03. The number of amidine groups is 1. The number of halogens is 1. The fraction of sp³-hybridized carbons (Fsp3) is 0.261. The van der Waals surface area contributed by atoms with Crippen molar-refractivity contribution in [1.82, 2.24) is 4.90 Å². The van der Waals surface area contributed by atoms with Gasteiger partial charge in [0, 0.05) is 18.2 Å². The third-order valence-electron chi connectivity index (χ3n) is 4.47. The number of carbonyl (C=O) groups excluding carboxylic acids is 1. The molecule has 1 saturated heterocycles. The summed E-state index contributed by atoms with van der Waals surface area (Å²) in [7, 11) is 0. The van der Waals surface area contributed by atoms with Gasteiger partial charge in [0.2, 0.25) is 0 Å². The van der Waals surface area contributed by atoms with Crippen LogP contribution in [0.3, 0.4) is 0 Å². The highest BCUT2D eigenvalue weighted by Gasteiger charge is 2.32. The van der Waals surface area contributed by atoms with Gasteiger partial charge in [0.1, 0.15) is 11.5 Å². The molecule has 2 aromatic rings. The molecule has 32 heavy (non-hydrogen) atoms. The molecule has 0 radical (unpaired) electrons. The lowest BCUT2D eigenvalue weighted by Crippen LogP contribution is -2.28. The first-order valence-corrected chi connectivity index (χ1v) is 11.7. The van der Waals surface area contributed by atoms with Gasteiger partial charge in [-0.15, -0.1) is 0 Å². The van der Waals surface area contributed by atoms with Crippen LogP contribution < -0.4 is 9.47 Å². The molecule has 1 fully saturated rings. The Hall–Kier alpha value is -2.78. The number of nitrogens with zero attached hydrogens (tertiary/aromatic N) is 2. The Morgan fingerprint density at radius 2 is 1.88 bits per heavy atom. The van der Waals surface area contributed by atoms with Gasteiger partial charge in [0.25, 0.3) is 5.91 Å². The number of aromatic carboxylic acids is 1. The number of carboxylic acid groups (broad SMARTS) is 1. The number of amides is 1. The van der Waals surface area contributed by atoms with Crippen molar-refractivity contribution in [1.29, 1.82) is 0 Å². The van der Waals surface area contributed by atoms with E-state index in [4.69, 9.17) is 9.47 Å². The van der Waals surface area contributed by atoms with E-state index in [1.165, 1.54) is 23.9 Å². The first-order chi connectivity index (χ1) is 15.4. The lowest BCUT2D eigenvalue weighted by Gasteiger charge is -2.13. The molecule has 0 atom stereocenters. The van der Waals surface area contributed by atoms with Crippen LogP contribution in [-0.4, -0.2) is 46.8 Å². The van der Waals surface area contributed by atoms with Gasteiger partial charge in [-0.25, -0.2) is 9.79 Å². The second-order valence-electron chi connectivity index (χ2n) is 6.60. The van der Waals surface area contributed by atoms with Crippen molar-refractivity contribution in [3.05, 3.63) is 56.9 Å². The second kappa shape index (κ2) is 10.7. The molecule has 1 heterocycles. The Bertz CT molecular complexity index is 1100. The average Bonchev–Trinajstić information content (AvgIpc) is 3.05. The van der Waals surface area contributed by atoms with E-state index in [0.717, 1.165) is 10.0 Å². The van der Waals surface area contributed by atoms with Gasteiger partial charge >= 0.3 is 5.97 Å². The Morgan fingerprint density at radius 1 is 1.16 bits per heavy atom. The van der Waals surface area contributed by atoms with Crippen LogP contribution in [0.4, 0.5) is 5.69 Å². The van der Waals surface area contributed by atoms with Crippen LogP contribution in [0.15, 0.2) is 50.8 Å². The molecule has 2 aromatic carbocycles. The highest BCUT2D eigenvalue weighted by molar-refractivity contribution is 9.10. The number of likely N-dealkylation sites (N-methyl/N-ethyl adjacent to an activating group) is 1. The largest absolute Gasteiger partial charge is 0.493 e. The molecule has 0 aliphatic carbocycles. The van der Waals surface area contributed by atoms with Crippen molar-refractivity contribution in [2.45, 2.75) is 20.8 Å². The van der Waals surface area contributed by atoms with Gasteiger partial charge in [-0.05, 0) is 78.8 Å². The van der Waals surface area contributed by atoms with Crippen LogP contribution in [-0.2, 0) is 4.79 Å². The zero-order valence-electron chi connectivity index (χ0n) is 17.9. The van der Waals surface area contributed by atoms with Gasteiger partial charge < -0.3 is 14.6 Å². The number of rotatable bonds is 8. The maximum atomic E-state index is 13.0. The van der Waals surface area contributed by atoms with Crippen LogP contribution in [0, 0.1) is 0 Å². The van der Waals surface area contributed by atoms with Gasteiger partial charge in [-0.1, -0.05) is 6.07 Å². The molecular weight excluding hydrogens is 496 g/mol. The summed E-state index contributed by atoms with van der Waals surface area (Å²) in [5.41, 5.74) is 1.35. The summed E-state index contributed by atoms with van der Waals surface area (Å²) >= 11 is 4.75. The predicted molar refractivity (Wildman–Crippen MR) is 130 cm³/mol. The molecule has 1 aliphatic rings. The van der Waals surface area contributed by atoms with E-state index < -0.39 is 5.97 Å². The number of ether oxygens (including phenoxy) is 2. The van der Waals surface area contributed by atoms with E-state index in [1.807, 2.05) is 26.8 Å². The Balaban J connectivity index is 1.99. The van der Waals surface area contributed by atoms with Gasteiger partial charge in [-0.3, -0.25) is 9.69 Å². The van der Waals surface area contributed by atoms with Crippen molar-refractivity contribution in [2.75, 3.05) is 19.8 Å². The zero-order valence-corrected chi connectivity index (χ0v) is 20.3. The molecule has 0 aromatic heterocycles. The summed E-state index contributed by atoms with van der Waals surface area (Å²) in [5.74, 6) is 0.0830. The molecule has 3 rings (SSSR count). The summed E-state index contributed by atoms with van der Waals surface area (Å²) < 4.78 is 12.2. The number of benzene rings is 2. The van der Waals surface area contributed by atoms with Crippen LogP contribution >= 0.6 is 27.7 Å². The minimum Gasteiger partial charge on any atom is -0.493 e. The monoisotopic (exact) mass is 518 g/mol. The topological polar surface area (TPSA) is 88.4 Å². The third kappa shape index (κ3) is 5.34. The van der Waals surface area contributed by atoms with Crippen molar-refractivity contribution in [3.63, 3.8) is 0 Å². The predicted octanol–water partition coefficient (Wildman–Crippen LogP) is 5.57. The highest BCUT2D eigenvalue weighted by atomic mass is 79.9. The van der Waals surface area contributed by atoms with E-state index in [-0.39, 0.29) is 11.5 Å². The van der Waals surface area contributed by atoms with E-state index >= 15 is 0 Å². The lowest BCUT2D eigenvalue weighted by atomic mass is 10.1. The first kappa shape index (κ1) is 23.9.